The van der Waals surface area contributed by atoms with E-state index in [1.165, 1.54) is 0 Å². The van der Waals surface area contributed by atoms with Gasteiger partial charge in [-0.2, -0.15) is 0 Å². The third-order valence-corrected chi connectivity index (χ3v) is 3.48. The molecule has 0 fully saturated rings. The number of hydroxylamine groups is 2. The zero-order chi connectivity index (χ0) is 14.8. The predicted molar refractivity (Wildman–Crippen MR) is 80.5 cm³/mol. The number of rotatable bonds is 2. The van der Waals surface area contributed by atoms with Gasteiger partial charge in [-0.25, -0.2) is 0 Å². The minimum Gasteiger partial charge on any atom is -0.783 e. The summed E-state index contributed by atoms with van der Waals surface area (Å²) in [5, 5.41) is 12.7. The Balaban J connectivity index is 2.19. The summed E-state index contributed by atoms with van der Waals surface area (Å²) in [6.07, 6.45) is 0. The number of amides is 1. The lowest BCUT2D eigenvalue weighted by Gasteiger charge is -2.32. The van der Waals surface area contributed by atoms with Crippen LogP contribution < -0.4 is 5.73 Å². The van der Waals surface area contributed by atoms with Gasteiger partial charge in [-0.15, -0.1) is 0 Å². The SMILES string of the molecule is NC(=O)C1c2ccccc2C(c2ccccc2)=NCN1[O-]. The van der Waals surface area contributed by atoms with Gasteiger partial charge in [-0.3, -0.25) is 9.79 Å². The molecule has 0 aliphatic carbocycles. The molecule has 0 spiro atoms. The third kappa shape index (κ3) is 2.44. The highest BCUT2D eigenvalue weighted by atomic mass is 16.5. The maximum atomic E-state index is 12.1. The lowest BCUT2D eigenvalue weighted by molar-refractivity contribution is -0.122. The van der Waals surface area contributed by atoms with Crippen LogP contribution in [0.3, 0.4) is 0 Å². The van der Waals surface area contributed by atoms with Crippen molar-refractivity contribution in [1.82, 2.24) is 5.06 Å². The zero-order valence-electron chi connectivity index (χ0n) is 11.3. The van der Waals surface area contributed by atoms with Crippen LogP contribution in [0.5, 0.6) is 0 Å². The number of fused-ring (bicyclic) bond motifs is 1. The van der Waals surface area contributed by atoms with E-state index in [4.69, 9.17) is 5.73 Å². The fraction of sp³-hybridized carbons (Fsp3) is 0.125. The maximum absolute atomic E-state index is 12.1. The Hall–Kier alpha value is -2.50. The Bertz CT molecular complexity index is 698. The molecule has 21 heavy (non-hydrogen) atoms. The van der Waals surface area contributed by atoms with Crippen molar-refractivity contribution in [3.05, 3.63) is 76.5 Å². The van der Waals surface area contributed by atoms with Crippen molar-refractivity contribution >= 4 is 11.6 Å². The average molecular weight is 280 g/mol. The van der Waals surface area contributed by atoms with Crippen LogP contribution in [0.25, 0.3) is 0 Å². The van der Waals surface area contributed by atoms with E-state index in [0.29, 0.717) is 16.3 Å². The van der Waals surface area contributed by atoms with Crippen LogP contribution in [0, 0.1) is 5.21 Å². The summed E-state index contributed by atoms with van der Waals surface area (Å²) in [6.45, 7) is -0.119. The van der Waals surface area contributed by atoms with Gasteiger partial charge in [-0.05, 0) is 5.56 Å². The summed E-state index contributed by atoms with van der Waals surface area (Å²) in [7, 11) is 0. The van der Waals surface area contributed by atoms with E-state index >= 15 is 0 Å². The van der Waals surface area contributed by atoms with Gasteiger partial charge in [0.25, 0.3) is 0 Å². The highest BCUT2D eigenvalue weighted by Gasteiger charge is 2.26. The molecule has 0 saturated carbocycles. The number of benzene rings is 2. The lowest BCUT2D eigenvalue weighted by Crippen LogP contribution is -2.34. The van der Waals surface area contributed by atoms with Gasteiger partial charge in [-0.1, -0.05) is 54.6 Å². The Morgan fingerprint density at radius 1 is 1.14 bits per heavy atom. The topological polar surface area (TPSA) is 81.8 Å². The highest BCUT2D eigenvalue weighted by molar-refractivity contribution is 6.14. The fourth-order valence-electron chi connectivity index (χ4n) is 2.55. The van der Waals surface area contributed by atoms with E-state index < -0.39 is 11.9 Å². The van der Waals surface area contributed by atoms with Crippen molar-refractivity contribution in [2.24, 2.45) is 10.7 Å². The summed E-state index contributed by atoms with van der Waals surface area (Å²) in [5.41, 5.74) is 8.37. The first-order valence-electron chi connectivity index (χ1n) is 6.61. The molecule has 1 amide bonds. The van der Waals surface area contributed by atoms with Crippen LogP contribution in [0.2, 0.25) is 0 Å². The van der Waals surface area contributed by atoms with Crippen molar-refractivity contribution in [1.29, 1.82) is 0 Å². The fourth-order valence-corrected chi connectivity index (χ4v) is 2.55. The standard InChI is InChI=1S/C16H14N3O2/c17-16(20)15-13-9-5-4-8-12(13)14(18-10-19(15)21)11-6-2-1-3-7-11/h1-9,15H,10H2,(H2,17,20)/q-1. The number of primary amides is 1. The minimum absolute atomic E-state index is 0.119. The molecule has 5 heteroatoms. The quantitative estimate of drug-likeness (QED) is 0.911. The van der Waals surface area contributed by atoms with Crippen molar-refractivity contribution in [3.63, 3.8) is 0 Å². The van der Waals surface area contributed by atoms with Crippen LogP contribution in [0.1, 0.15) is 22.7 Å². The van der Waals surface area contributed by atoms with E-state index in [9.17, 15) is 10.0 Å². The average Bonchev–Trinajstić information content (AvgIpc) is 2.64. The smallest absolute Gasteiger partial charge is 0.238 e. The number of hydrogen-bond donors (Lipinski definition) is 1. The van der Waals surface area contributed by atoms with Crippen LogP contribution in [-0.4, -0.2) is 23.4 Å². The van der Waals surface area contributed by atoms with Gasteiger partial charge in [0.2, 0.25) is 5.91 Å². The molecule has 0 radical (unpaired) electrons. The number of carbonyl (C=O) groups is 1. The molecule has 2 aromatic rings. The Morgan fingerprint density at radius 2 is 1.81 bits per heavy atom. The second-order valence-electron chi connectivity index (χ2n) is 4.82. The molecule has 0 saturated heterocycles. The summed E-state index contributed by atoms with van der Waals surface area (Å²) in [5.74, 6) is -0.665. The molecular formula is C16H14N3O2-. The van der Waals surface area contributed by atoms with Gasteiger partial charge in [0.1, 0.15) is 6.04 Å². The summed E-state index contributed by atoms with van der Waals surface area (Å²) in [6, 6.07) is 15.8. The molecule has 1 heterocycles. The molecule has 3 rings (SSSR count). The molecule has 1 aliphatic rings. The van der Waals surface area contributed by atoms with E-state index in [-0.39, 0.29) is 6.67 Å². The van der Waals surface area contributed by atoms with E-state index in [1.807, 2.05) is 42.5 Å². The molecule has 0 aromatic heterocycles. The van der Waals surface area contributed by atoms with Crippen molar-refractivity contribution in [3.8, 4) is 0 Å². The van der Waals surface area contributed by atoms with Gasteiger partial charge < -0.3 is 16.0 Å². The number of hydrogen-bond acceptors (Lipinski definition) is 4. The second-order valence-corrected chi connectivity index (χ2v) is 4.82. The van der Waals surface area contributed by atoms with Crippen LogP contribution >= 0.6 is 0 Å². The maximum Gasteiger partial charge on any atom is 0.238 e. The first-order valence-corrected chi connectivity index (χ1v) is 6.61. The minimum atomic E-state index is -1.01. The molecule has 0 bridgehead atoms. The largest absolute Gasteiger partial charge is 0.783 e. The number of carbonyl (C=O) groups excluding carboxylic acids is 1. The van der Waals surface area contributed by atoms with Crippen molar-refractivity contribution in [2.75, 3.05) is 6.67 Å². The van der Waals surface area contributed by atoms with Gasteiger partial charge in [0, 0.05) is 11.1 Å². The molecular weight excluding hydrogens is 266 g/mol. The van der Waals surface area contributed by atoms with Crippen LogP contribution in [0.15, 0.2) is 59.6 Å². The molecule has 1 unspecified atom stereocenters. The number of aliphatic imine (C=N–C) groups is 1. The first-order chi connectivity index (χ1) is 10.2. The second kappa shape index (κ2) is 5.47. The highest BCUT2D eigenvalue weighted by Crippen LogP contribution is 2.28. The molecule has 1 aliphatic heterocycles. The number of nitrogens with two attached hydrogens (primary N) is 1. The Kier molecular flexibility index (Phi) is 3.51. The summed E-state index contributed by atoms with van der Waals surface area (Å²) >= 11 is 0. The first kappa shape index (κ1) is 13.5. The molecule has 5 nitrogen and oxygen atoms in total. The molecule has 2 N–H and O–H groups in total. The van der Waals surface area contributed by atoms with Crippen LogP contribution in [0.4, 0.5) is 0 Å². The Morgan fingerprint density at radius 3 is 2.52 bits per heavy atom. The Labute approximate surface area is 122 Å². The summed E-state index contributed by atoms with van der Waals surface area (Å²) < 4.78 is 0. The summed E-state index contributed by atoms with van der Waals surface area (Å²) in [4.78, 5) is 16.0. The molecule has 1 atom stereocenters. The van der Waals surface area contributed by atoms with Gasteiger partial charge in [0.05, 0.1) is 12.4 Å². The van der Waals surface area contributed by atoms with Crippen molar-refractivity contribution in [2.45, 2.75) is 6.04 Å². The van der Waals surface area contributed by atoms with E-state index in [1.54, 1.807) is 12.1 Å². The number of nitrogens with zero attached hydrogens (tertiary/aromatic N) is 2. The normalized spacial score (nSPS) is 18.5. The monoisotopic (exact) mass is 280 g/mol. The van der Waals surface area contributed by atoms with E-state index in [2.05, 4.69) is 4.99 Å². The molecule has 2 aromatic carbocycles. The van der Waals surface area contributed by atoms with Gasteiger partial charge in [0.15, 0.2) is 0 Å². The van der Waals surface area contributed by atoms with Crippen molar-refractivity contribution < 1.29 is 4.79 Å². The van der Waals surface area contributed by atoms with E-state index in [0.717, 1.165) is 11.1 Å². The molecule has 106 valence electrons. The third-order valence-electron chi connectivity index (χ3n) is 3.48. The zero-order valence-corrected chi connectivity index (χ0v) is 11.3. The van der Waals surface area contributed by atoms with Crippen LogP contribution in [-0.2, 0) is 4.79 Å². The lowest BCUT2D eigenvalue weighted by atomic mass is 9.93. The van der Waals surface area contributed by atoms with Gasteiger partial charge >= 0.3 is 0 Å². The predicted octanol–water partition coefficient (Wildman–Crippen LogP) is 1.82.